The van der Waals surface area contributed by atoms with Gasteiger partial charge in [0.25, 0.3) is 0 Å². The highest BCUT2D eigenvalue weighted by atomic mass is 16.5. The number of rotatable bonds is 7. The van der Waals surface area contributed by atoms with Gasteiger partial charge in [-0.3, -0.25) is 0 Å². The van der Waals surface area contributed by atoms with E-state index in [-0.39, 0.29) is 0 Å². The fraction of sp³-hybridized carbons (Fsp3) is 0.292. The van der Waals surface area contributed by atoms with E-state index in [1.807, 2.05) is 47.2 Å². The number of ether oxygens (including phenoxy) is 3. The van der Waals surface area contributed by atoms with Gasteiger partial charge in [-0.05, 0) is 25.0 Å². The van der Waals surface area contributed by atoms with Crippen molar-refractivity contribution in [1.29, 1.82) is 0 Å². The number of aromatic nitrogens is 4. The number of imidazole rings is 1. The van der Waals surface area contributed by atoms with E-state index in [9.17, 15) is 0 Å². The van der Waals surface area contributed by atoms with Crippen molar-refractivity contribution in [2.45, 2.75) is 12.8 Å². The number of hydrogen-bond acceptors (Lipinski definition) is 8. The van der Waals surface area contributed by atoms with Crippen molar-refractivity contribution in [3.05, 3.63) is 48.9 Å². The predicted octanol–water partition coefficient (Wildman–Crippen LogP) is 4.19. The number of nitrogens with zero attached hydrogens (tertiary/aromatic N) is 5. The lowest BCUT2D eigenvalue weighted by atomic mass is 10.2. The van der Waals surface area contributed by atoms with Gasteiger partial charge >= 0.3 is 0 Å². The largest absolute Gasteiger partial charge is 0.493 e. The van der Waals surface area contributed by atoms with Gasteiger partial charge in [-0.2, -0.15) is 4.98 Å². The van der Waals surface area contributed by atoms with Crippen LogP contribution in [0.25, 0.3) is 16.6 Å². The van der Waals surface area contributed by atoms with E-state index in [0.29, 0.717) is 23.1 Å². The predicted molar refractivity (Wildman–Crippen MR) is 127 cm³/mol. The molecule has 2 aromatic carbocycles. The summed E-state index contributed by atoms with van der Waals surface area (Å²) in [5, 5.41) is 4.33. The van der Waals surface area contributed by atoms with Crippen LogP contribution in [0.15, 0.2) is 48.9 Å². The van der Waals surface area contributed by atoms with Crippen molar-refractivity contribution in [3.8, 4) is 22.9 Å². The molecule has 5 rings (SSSR count). The van der Waals surface area contributed by atoms with Gasteiger partial charge in [0.15, 0.2) is 11.5 Å². The smallest absolute Gasteiger partial charge is 0.227 e. The molecule has 1 saturated heterocycles. The van der Waals surface area contributed by atoms with Crippen LogP contribution in [0.4, 0.5) is 17.6 Å². The summed E-state index contributed by atoms with van der Waals surface area (Å²) in [6.07, 6.45) is 5.96. The van der Waals surface area contributed by atoms with Gasteiger partial charge in [0.1, 0.15) is 18.0 Å². The summed E-state index contributed by atoms with van der Waals surface area (Å²) >= 11 is 0. The highest BCUT2D eigenvalue weighted by Gasteiger charge is 2.18. The molecule has 0 aliphatic carbocycles. The molecule has 33 heavy (non-hydrogen) atoms. The van der Waals surface area contributed by atoms with Crippen LogP contribution in [-0.4, -0.2) is 53.9 Å². The van der Waals surface area contributed by atoms with Gasteiger partial charge in [0.05, 0.1) is 38.7 Å². The zero-order valence-corrected chi connectivity index (χ0v) is 18.9. The van der Waals surface area contributed by atoms with Crippen molar-refractivity contribution in [1.82, 2.24) is 19.5 Å². The zero-order chi connectivity index (χ0) is 22.8. The summed E-state index contributed by atoms with van der Waals surface area (Å²) in [5.74, 6) is 3.85. The van der Waals surface area contributed by atoms with E-state index in [1.54, 1.807) is 27.7 Å². The minimum atomic E-state index is 0.545. The molecule has 0 amide bonds. The Kier molecular flexibility index (Phi) is 5.60. The highest BCUT2D eigenvalue weighted by molar-refractivity contribution is 5.91. The average molecular weight is 447 g/mol. The first-order chi connectivity index (χ1) is 16.2. The molecule has 9 nitrogen and oxygen atoms in total. The second kappa shape index (κ2) is 8.85. The zero-order valence-electron chi connectivity index (χ0n) is 18.9. The Morgan fingerprint density at radius 2 is 1.64 bits per heavy atom. The number of benzene rings is 2. The van der Waals surface area contributed by atoms with E-state index < -0.39 is 0 Å². The fourth-order valence-corrected chi connectivity index (χ4v) is 4.08. The molecule has 4 aromatic rings. The molecule has 0 spiro atoms. The number of anilines is 3. The topological polar surface area (TPSA) is 86.6 Å². The lowest BCUT2D eigenvalue weighted by Gasteiger charge is -2.17. The summed E-state index contributed by atoms with van der Waals surface area (Å²) < 4.78 is 18.3. The number of nitrogens with one attached hydrogen (secondary N) is 1. The summed E-state index contributed by atoms with van der Waals surface area (Å²) in [6.45, 7) is 1.96. The van der Waals surface area contributed by atoms with Gasteiger partial charge in [0, 0.05) is 30.6 Å². The maximum Gasteiger partial charge on any atom is 0.227 e. The quantitative estimate of drug-likeness (QED) is 0.452. The van der Waals surface area contributed by atoms with Crippen LogP contribution in [0.5, 0.6) is 17.2 Å². The van der Waals surface area contributed by atoms with Crippen LogP contribution in [0.1, 0.15) is 12.8 Å². The normalized spacial score (nSPS) is 13.4. The van der Waals surface area contributed by atoms with Crippen LogP contribution in [-0.2, 0) is 0 Å². The van der Waals surface area contributed by atoms with Crippen molar-refractivity contribution < 1.29 is 14.2 Å². The molecule has 1 N–H and O–H groups in total. The maximum atomic E-state index is 5.48. The van der Waals surface area contributed by atoms with Gasteiger partial charge < -0.3 is 29.0 Å². The maximum absolute atomic E-state index is 5.48. The third kappa shape index (κ3) is 3.97. The molecular formula is C24H26N6O3. The third-order valence-electron chi connectivity index (χ3n) is 5.76. The summed E-state index contributed by atoms with van der Waals surface area (Å²) in [7, 11) is 4.78. The minimum absolute atomic E-state index is 0.545. The van der Waals surface area contributed by atoms with Gasteiger partial charge in [-0.1, -0.05) is 12.1 Å². The Morgan fingerprint density at radius 1 is 0.909 bits per heavy atom. The van der Waals surface area contributed by atoms with E-state index >= 15 is 0 Å². The van der Waals surface area contributed by atoms with Gasteiger partial charge in [-0.15, -0.1) is 0 Å². The van der Waals surface area contributed by atoms with Crippen LogP contribution < -0.4 is 24.4 Å². The Bertz CT molecular complexity index is 1260. The minimum Gasteiger partial charge on any atom is -0.493 e. The highest BCUT2D eigenvalue weighted by Crippen LogP contribution is 2.39. The van der Waals surface area contributed by atoms with E-state index in [0.717, 1.165) is 54.3 Å². The second-order valence-corrected chi connectivity index (χ2v) is 7.76. The van der Waals surface area contributed by atoms with Crippen molar-refractivity contribution >= 4 is 28.5 Å². The number of para-hydroxylation sites is 1. The summed E-state index contributed by atoms with van der Waals surface area (Å²) in [5.41, 5.74) is 1.73. The molecule has 0 unspecified atom stereocenters. The van der Waals surface area contributed by atoms with Crippen LogP contribution >= 0.6 is 0 Å². The Morgan fingerprint density at radius 3 is 2.33 bits per heavy atom. The standard InChI is InChI=1S/C24H26N6O3/c1-31-19-12-16(13-20(32-2)22(19)33-3)30-14-21(25-15-30)27-23-17-8-4-5-9-18(17)26-24(28-23)29-10-6-7-11-29/h4-5,8-9,12-15H,6-7,10-11H2,1-3H3,(H,26,27,28). The Balaban J connectivity index is 1.49. The molecule has 3 heterocycles. The first kappa shape index (κ1) is 20.9. The van der Waals surface area contributed by atoms with Crippen molar-refractivity contribution in [3.63, 3.8) is 0 Å². The second-order valence-electron chi connectivity index (χ2n) is 7.76. The molecule has 1 aliphatic rings. The molecule has 170 valence electrons. The molecule has 0 atom stereocenters. The van der Waals surface area contributed by atoms with Crippen LogP contribution in [0.2, 0.25) is 0 Å². The Labute approximate surface area is 192 Å². The number of fused-ring (bicyclic) bond motifs is 1. The van der Waals surface area contributed by atoms with Crippen LogP contribution in [0, 0.1) is 0 Å². The lowest BCUT2D eigenvalue weighted by molar-refractivity contribution is 0.324. The van der Waals surface area contributed by atoms with E-state index in [4.69, 9.17) is 24.2 Å². The third-order valence-corrected chi connectivity index (χ3v) is 5.76. The molecule has 0 bridgehead atoms. The molecule has 9 heteroatoms. The van der Waals surface area contributed by atoms with Gasteiger partial charge in [-0.25, -0.2) is 9.97 Å². The van der Waals surface area contributed by atoms with Crippen LogP contribution in [0.3, 0.4) is 0 Å². The van der Waals surface area contributed by atoms with E-state index in [1.165, 1.54) is 0 Å². The summed E-state index contributed by atoms with van der Waals surface area (Å²) in [6, 6.07) is 11.8. The average Bonchev–Trinajstić information content (AvgIpc) is 3.56. The van der Waals surface area contributed by atoms with Gasteiger partial charge in [0.2, 0.25) is 11.7 Å². The molecule has 0 saturated carbocycles. The number of hydrogen-bond donors (Lipinski definition) is 1. The molecule has 2 aromatic heterocycles. The number of methoxy groups -OCH3 is 3. The molecular weight excluding hydrogens is 420 g/mol. The van der Waals surface area contributed by atoms with Crippen molar-refractivity contribution in [2.75, 3.05) is 44.6 Å². The SMILES string of the molecule is COc1cc(-n2cnc(Nc3nc(N4CCCC4)nc4ccccc34)c2)cc(OC)c1OC. The van der Waals surface area contributed by atoms with Crippen molar-refractivity contribution in [2.24, 2.45) is 0 Å². The summed E-state index contributed by atoms with van der Waals surface area (Å²) in [4.78, 5) is 16.4. The Hall–Kier alpha value is -4.01. The first-order valence-corrected chi connectivity index (χ1v) is 10.8. The first-order valence-electron chi connectivity index (χ1n) is 10.8. The fourth-order valence-electron chi connectivity index (χ4n) is 4.08. The molecule has 1 aliphatic heterocycles. The molecule has 1 fully saturated rings. The van der Waals surface area contributed by atoms with E-state index in [2.05, 4.69) is 15.2 Å². The molecule has 0 radical (unpaired) electrons. The monoisotopic (exact) mass is 446 g/mol. The lowest BCUT2D eigenvalue weighted by Crippen LogP contribution is -2.20.